The Balaban J connectivity index is 2.00. The Morgan fingerprint density at radius 3 is 2.81 bits per heavy atom. The van der Waals surface area contributed by atoms with Crippen molar-refractivity contribution in [1.82, 2.24) is 4.90 Å². The highest BCUT2D eigenvalue weighted by Crippen LogP contribution is 2.36. The third-order valence-corrected chi connectivity index (χ3v) is 4.11. The molecular formula is C14H25NO. The van der Waals surface area contributed by atoms with Crippen molar-refractivity contribution in [3.8, 4) is 0 Å². The van der Waals surface area contributed by atoms with Gasteiger partial charge in [0.25, 0.3) is 0 Å². The van der Waals surface area contributed by atoms with Crippen LogP contribution < -0.4 is 0 Å². The summed E-state index contributed by atoms with van der Waals surface area (Å²) >= 11 is 0. The highest BCUT2D eigenvalue weighted by atomic mass is 16.2. The molecule has 2 unspecified atom stereocenters. The van der Waals surface area contributed by atoms with Crippen LogP contribution in [0.15, 0.2) is 11.6 Å². The Morgan fingerprint density at radius 2 is 2.12 bits per heavy atom. The molecule has 2 bridgehead atoms. The third-order valence-electron chi connectivity index (χ3n) is 4.11. The molecule has 0 saturated carbocycles. The van der Waals surface area contributed by atoms with Gasteiger partial charge in [0.2, 0.25) is 0 Å². The van der Waals surface area contributed by atoms with E-state index in [9.17, 15) is 0 Å². The molecule has 0 aromatic heterocycles. The molecule has 1 fully saturated rings. The molecule has 2 nitrogen and oxygen atoms in total. The van der Waals surface area contributed by atoms with Crippen molar-refractivity contribution in [1.29, 1.82) is 0 Å². The lowest BCUT2D eigenvalue weighted by atomic mass is 9.97. The summed E-state index contributed by atoms with van der Waals surface area (Å²) in [7, 11) is 0. The van der Waals surface area contributed by atoms with E-state index >= 15 is 0 Å². The summed E-state index contributed by atoms with van der Waals surface area (Å²) in [5, 5.41) is 8.90. The van der Waals surface area contributed by atoms with Gasteiger partial charge in [-0.1, -0.05) is 11.6 Å². The Morgan fingerprint density at radius 1 is 1.38 bits per heavy atom. The predicted molar refractivity (Wildman–Crippen MR) is 67.4 cm³/mol. The van der Waals surface area contributed by atoms with Gasteiger partial charge in [-0.2, -0.15) is 0 Å². The average molecular weight is 223 g/mol. The molecule has 0 radical (unpaired) electrons. The van der Waals surface area contributed by atoms with Gasteiger partial charge in [0.1, 0.15) is 0 Å². The standard InChI is InChI=1S/C14H25NO/c1-11(2)15-13-6-5-12(4-3-9-16)10-14(15)8-7-13/h5,11,13-14,16H,3-4,6-10H2,1-2H3. The Labute approximate surface area is 99.3 Å². The smallest absolute Gasteiger partial charge is 0.0434 e. The van der Waals surface area contributed by atoms with Crippen LogP contribution in [0.5, 0.6) is 0 Å². The number of nitrogens with zero attached hydrogens (tertiary/aromatic N) is 1. The molecule has 0 amide bonds. The maximum absolute atomic E-state index is 8.90. The average Bonchev–Trinajstić information content (AvgIpc) is 2.53. The van der Waals surface area contributed by atoms with Crippen LogP contribution in [0.2, 0.25) is 0 Å². The van der Waals surface area contributed by atoms with Crippen molar-refractivity contribution in [3.63, 3.8) is 0 Å². The SMILES string of the molecule is CC(C)N1C2CC=C(CCCO)CC1CC2. The summed E-state index contributed by atoms with van der Waals surface area (Å²) in [5.41, 5.74) is 1.59. The monoisotopic (exact) mass is 223 g/mol. The highest BCUT2D eigenvalue weighted by Gasteiger charge is 2.36. The van der Waals surface area contributed by atoms with Crippen molar-refractivity contribution in [2.75, 3.05) is 6.61 Å². The summed E-state index contributed by atoms with van der Waals surface area (Å²) in [6.45, 7) is 4.98. The van der Waals surface area contributed by atoms with Crippen LogP contribution in [0.1, 0.15) is 52.4 Å². The zero-order valence-corrected chi connectivity index (χ0v) is 10.7. The van der Waals surface area contributed by atoms with Crippen molar-refractivity contribution >= 4 is 0 Å². The van der Waals surface area contributed by atoms with Crippen LogP contribution in [-0.4, -0.2) is 34.7 Å². The van der Waals surface area contributed by atoms with Crippen molar-refractivity contribution in [3.05, 3.63) is 11.6 Å². The van der Waals surface area contributed by atoms with Crippen molar-refractivity contribution in [2.24, 2.45) is 0 Å². The van der Waals surface area contributed by atoms with Gasteiger partial charge in [0.05, 0.1) is 0 Å². The van der Waals surface area contributed by atoms with Crippen LogP contribution in [0, 0.1) is 0 Å². The van der Waals surface area contributed by atoms with E-state index in [1.807, 2.05) is 0 Å². The molecule has 0 aromatic rings. The first kappa shape index (κ1) is 12.1. The van der Waals surface area contributed by atoms with E-state index in [-0.39, 0.29) is 0 Å². The van der Waals surface area contributed by atoms with Crippen LogP contribution in [0.25, 0.3) is 0 Å². The molecule has 0 aromatic carbocycles. The first-order valence-electron chi connectivity index (χ1n) is 6.78. The Kier molecular flexibility index (Phi) is 4.04. The maximum Gasteiger partial charge on any atom is 0.0434 e. The highest BCUT2D eigenvalue weighted by molar-refractivity contribution is 5.12. The van der Waals surface area contributed by atoms with E-state index in [0.29, 0.717) is 12.6 Å². The fourth-order valence-corrected chi connectivity index (χ4v) is 3.47. The van der Waals surface area contributed by atoms with Gasteiger partial charge in [-0.3, -0.25) is 4.90 Å². The zero-order valence-electron chi connectivity index (χ0n) is 10.7. The second-order valence-electron chi connectivity index (χ2n) is 5.56. The van der Waals surface area contributed by atoms with Crippen molar-refractivity contribution < 1.29 is 5.11 Å². The van der Waals surface area contributed by atoms with Crippen molar-refractivity contribution in [2.45, 2.75) is 70.5 Å². The summed E-state index contributed by atoms with van der Waals surface area (Å²) in [5.74, 6) is 0. The molecule has 2 aliphatic heterocycles. The lowest BCUT2D eigenvalue weighted by molar-refractivity contribution is 0.152. The molecule has 2 aliphatic rings. The number of aliphatic hydroxyl groups excluding tert-OH is 1. The lowest BCUT2D eigenvalue weighted by Crippen LogP contribution is -2.40. The van der Waals surface area contributed by atoms with E-state index < -0.39 is 0 Å². The fraction of sp³-hybridized carbons (Fsp3) is 0.857. The van der Waals surface area contributed by atoms with Gasteiger partial charge in [-0.05, 0) is 52.4 Å². The van der Waals surface area contributed by atoms with E-state index in [1.165, 1.54) is 25.7 Å². The minimum Gasteiger partial charge on any atom is -0.396 e. The molecule has 2 rings (SSSR count). The van der Waals surface area contributed by atoms with Crippen LogP contribution in [0.4, 0.5) is 0 Å². The third kappa shape index (κ3) is 2.49. The number of fused-ring (bicyclic) bond motifs is 2. The van der Waals surface area contributed by atoms with E-state index in [0.717, 1.165) is 24.9 Å². The number of aliphatic hydroxyl groups is 1. The molecule has 1 N–H and O–H groups in total. The summed E-state index contributed by atoms with van der Waals surface area (Å²) < 4.78 is 0. The minimum absolute atomic E-state index is 0.333. The molecule has 1 saturated heterocycles. The summed E-state index contributed by atoms with van der Waals surface area (Å²) in [4.78, 5) is 2.72. The van der Waals surface area contributed by atoms with Gasteiger partial charge in [0.15, 0.2) is 0 Å². The van der Waals surface area contributed by atoms with E-state index in [4.69, 9.17) is 5.11 Å². The molecule has 0 spiro atoms. The molecular weight excluding hydrogens is 198 g/mol. The molecule has 0 aliphatic carbocycles. The quantitative estimate of drug-likeness (QED) is 0.741. The molecule has 2 heteroatoms. The predicted octanol–water partition coefficient (Wildman–Crippen LogP) is 2.72. The van der Waals surface area contributed by atoms with Gasteiger partial charge >= 0.3 is 0 Å². The van der Waals surface area contributed by atoms with Crippen LogP contribution in [0.3, 0.4) is 0 Å². The number of rotatable bonds is 4. The normalized spacial score (nSPS) is 30.6. The first-order chi connectivity index (χ1) is 7.72. The maximum atomic E-state index is 8.90. The molecule has 92 valence electrons. The second-order valence-corrected chi connectivity index (χ2v) is 5.56. The Bertz CT molecular complexity index is 259. The molecule has 16 heavy (non-hydrogen) atoms. The number of hydrogen-bond donors (Lipinski definition) is 1. The van der Waals surface area contributed by atoms with Crippen LogP contribution in [-0.2, 0) is 0 Å². The van der Waals surface area contributed by atoms with Crippen LogP contribution >= 0.6 is 0 Å². The Hall–Kier alpha value is -0.340. The topological polar surface area (TPSA) is 23.5 Å². The molecule has 2 heterocycles. The lowest BCUT2D eigenvalue weighted by Gasteiger charge is -2.32. The zero-order chi connectivity index (χ0) is 11.5. The fourth-order valence-electron chi connectivity index (χ4n) is 3.47. The van der Waals surface area contributed by atoms with Gasteiger partial charge in [-0.15, -0.1) is 0 Å². The number of hydrogen-bond acceptors (Lipinski definition) is 2. The van der Waals surface area contributed by atoms with E-state index in [1.54, 1.807) is 5.57 Å². The minimum atomic E-state index is 0.333. The summed E-state index contributed by atoms with van der Waals surface area (Å²) in [6.07, 6.45) is 9.72. The first-order valence-corrected chi connectivity index (χ1v) is 6.78. The van der Waals surface area contributed by atoms with E-state index in [2.05, 4.69) is 24.8 Å². The van der Waals surface area contributed by atoms with Gasteiger partial charge < -0.3 is 5.11 Å². The molecule has 2 atom stereocenters. The van der Waals surface area contributed by atoms with Gasteiger partial charge in [-0.25, -0.2) is 0 Å². The second kappa shape index (κ2) is 5.33. The van der Waals surface area contributed by atoms with Gasteiger partial charge in [0, 0.05) is 24.7 Å². The summed E-state index contributed by atoms with van der Waals surface area (Å²) in [6, 6.07) is 2.25. The largest absolute Gasteiger partial charge is 0.396 e.